The molecular weight excluding hydrogens is 270 g/mol. The number of hydrogen-bond donors (Lipinski definition) is 2. The molecule has 3 N–H and O–H groups in total. The third-order valence-corrected chi connectivity index (χ3v) is 3.55. The number of sulfonamides is 1. The lowest BCUT2D eigenvalue weighted by molar-refractivity contribution is 0.153. The van der Waals surface area contributed by atoms with Crippen LogP contribution in [-0.4, -0.2) is 26.4 Å². The van der Waals surface area contributed by atoms with E-state index >= 15 is 0 Å². The van der Waals surface area contributed by atoms with E-state index in [0.29, 0.717) is 5.56 Å². The van der Waals surface area contributed by atoms with E-state index in [-0.39, 0.29) is 9.88 Å². The Bertz CT molecular complexity index is 500. The van der Waals surface area contributed by atoms with Gasteiger partial charge < -0.3 is 5.73 Å². The summed E-state index contributed by atoms with van der Waals surface area (Å²) in [4.78, 5) is 0.0210. The van der Waals surface area contributed by atoms with E-state index in [1.54, 1.807) is 4.72 Å². The van der Waals surface area contributed by atoms with E-state index in [0.717, 1.165) is 0 Å². The zero-order valence-electron chi connectivity index (χ0n) is 8.56. The van der Waals surface area contributed by atoms with Gasteiger partial charge in [-0.1, -0.05) is 24.4 Å². The standard InChI is InChI=1S/C9H10F2N2O2S2/c10-8(11)5-13-17(14,15)7-3-1-6(2-4-7)9(12)16/h1-4,8,13H,5H2,(H2,12,16). The van der Waals surface area contributed by atoms with E-state index in [2.05, 4.69) is 0 Å². The van der Waals surface area contributed by atoms with Gasteiger partial charge >= 0.3 is 0 Å². The summed E-state index contributed by atoms with van der Waals surface area (Å²) in [5, 5.41) is 0. The quantitative estimate of drug-likeness (QED) is 0.785. The Kier molecular flexibility index (Phi) is 4.49. The van der Waals surface area contributed by atoms with Crippen molar-refractivity contribution < 1.29 is 17.2 Å². The first-order valence-corrected chi connectivity index (χ1v) is 6.40. The van der Waals surface area contributed by atoms with Crippen molar-refractivity contribution in [2.75, 3.05) is 6.54 Å². The lowest BCUT2D eigenvalue weighted by Gasteiger charge is -2.06. The topological polar surface area (TPSA) is 72.2 Å². The molecule has 0 aliphatic rings. The van der Waals surface area contributed by atoms with Crippen LogP contribution in [0.15, 0.2) is 29.2 Å². The molecule has 0 amide bonds. The maximum atomic E-state index is 11.9. The molecule has 0 fully saturated rings. The van der Waals surface area contributed by atoms with E-state index in [1.807, 2.05) is 0 Å². The molecule has 4 nitrogen and oxygen atoms in total. The van der Waals surface area contributed by atoms with Crippen LogP contribution in [0.25, 0.3) is 0 Å². The molecule has 0 saturated heterocycles. The number of halogens is 2. The molecule has 0 spiro atoms. The average molecular weight is 280 g/mol. The number of rotatable bonds is 5. The van der Waals surface area contributed by atoms with Crippen molar-refractivity contribution >= 4 is 27.2 Å². The largest absolute Gasteiger partial charge is 0.389 e. The maximum absolute atomic E-state index is 11.9. The minimum Gasteiger partial charge on any atom is -0.389 e. The Morgan fingerprint density at radius 1 is 1.35 bits per heavy atom. The van der Waals surface area contributed by atoms with Gasteiger partial charge in [0, 0.05) is 5.56 Å². The second-order valence-corrected chi connectivity index (χ2v) is 5.34. The first kappa shape index (κ1) is 13.9. The minimum atomic E-state index is -3.91. The molecule has 0 radical (unpaired) electrons. The molecule has 94 valence electrons. The summed E-state index contributed by atoms with van der Waals surface area (Å²) >= 11 is 4.70. The fourth-order valence-corrected chi connectivity index (χ4v) is 2.20. The number of benzene rings is 1. The molecule has 0 aliphatic carbocycles. The second kappa shape index (κ2) is 5.48. The van der Waals surface area contributed by atoms with Crippen LogP contribution in [0.1, 0.15) is 5.56 Å². The smallest absolute Gasteiger partial charge is 0.251 e. The van der Waals surface area contributed by atoms with Gasteiger partial charge in [0.25, 0.3) is 6.43 Å². The van der Waals surface area contributed by atoms with Gasteiger partial charge in [-0.05, 0) is 12.1 Å². The van der Waals surface area contributed by atoms with E-state index in [4.69, 9.17) is 18.0 Å². The van der Waals surface area contributed by atoms with Crippen molar-refractivity contribution in [3.63, 3.8) is 0 Å². The van der Waals surface area contributed by atoms with Crippen LogP contribution >= 0.6 is 12.2 Å². The van der Waals surface area contributed by atoms with Crippen molar-refractivity contribution in [1.29, 1.82) is 0 Å². The molecule has 1 aromatic carbocycles. The van der Waals surface area contributed by atoms with E-state index in [1.165, 1.54) is 24.3 Å². The summed E-state index contributed by atoms with van der Waals surface area (Å²) in [6, 6.07) is 5.34. The number of alkyl halides is 2. The molecule has 8 heteroatoms. The molecule has 0 aliphatic heterocycles. The van der Waals surface area contributed by atoms with Crippen LogP contribution in [0, 0.1) is 0 Å². The number of nitrogens with one attached hydrogen (secondary N) is 1. The van der Waals surface area contributed by atoms with E-state index < -0.39 is 23.0 Å². The molecule has 17 heavy (non-hydrogen) atoms. The van der Waals surface area contributed by atoms with Crippen molar-refractivity contribution in [3.05, 3.63) is 29.8 Å². The third-order valence-electron chi connectivity index (χ3n) is 1.88. The Labute approximate surface area is 103 Å². The molecule has 0 saturated carbocycles. The molecular formula is C9H10F2N2O2S2. The fourth-order valence-electron chi connectivity index (χ4n) is 1.05. The summed E-state index contributed by atoms with van der Waals surface area (Å²) in [5.74, 6) is 0. The summed E-state index contributed by atoms with van der Waals surface area (Å²) in [5.41, 5.74) is 5.85. The van der Waals surface area contributed by atoms with Gasteiger partial charge in [0.15, 0.2) is 0 Å². The van der Waals surface area contributed by atoms with Gasteiger partial charge in [-0.25, -0.2) is 21.9 Å². The van der Waals surface area contributed by atoms with Crippen LogP contribution in [0.4, 0.5) is 8.78 Å². The molecule has 0 bridgehead atoms. The van der Waals surface area contributed by atoms with Gasteiger partial charge in [-0.15, -0.1) is 0 Å². The van der Waals surface area contributed by atoms with Crippen molar-refractivity contribution in [2.45, 2.75) is 11.3 Å². The fraction of sp³-hybridized carbons (Fsp3) is 0.222. The Morgan fingerprint density at radius 3 is 2.29 bits per heavy atom. The second-order valence-electron chi connectivity index (χ2n) is 3.13. The molecule has 0 heterocycles. The van der Waals surface area contributed by atoms with Crippen LogP contribution in [0.5, 0.6) is 0 Å². The lowest BCUT2D eigenvalue weighted by Crippen LogP contribution is -2.28. The Balaban J connectivity index is 2.89. The van der Waals surface area contributed by atoms with Crippen LogP contribution in [0.2, 0.25) is 0 Å². The predicted molar refractivity (Wildman–Crippen MR) is 63.5 cm³/mol. The number of thiocarbonyl (C=S) groups is 1. The third kappa shape index (κ3) is 3.99. The first-order valence-electron chi connectivity index (χ1n) is 4.50. The van der Waals surface area contributed by atoms with E-state index in [9.17, 15) is 17.2 Å². The average Bonchev–Trinajstić information content (AvgIpc) is 2.27. The minimum absolute atomic E-state index is 0.113. The summed E-state index contributed by atoms with van der Waals surface area (Å²) in [7, 11) is -3.91. The number of hydrogen-bond acceptors (Lipinski definition) is 3. The molecule has 0 unspecified atom stereocenters. The van der Waals surface area contributed by atoms with Crippen molar-refractivity contribution in [2.24, 2.45) is 5.73 Å². The Morgan fingerprint density at radius 2 is 1.88 bits per heavy atom. The maximum Gasteiger partial charge on any atom is 0.251 e. The first-order chi connectivity index (χ1) is 7.83. The van der Waals surface area contributed by atoms with Crippen LogP contribution in [-0.2, 0) is 10.0 Å². The van der Waals surface area contributed by atoms with Gasteiger partial charge in [0.2, 0.25) is 10.0 Å². The highest BCUT2D eigenvalue weighted by Gasteiger charge is 2.15. The monoisotopic (exact) mass is 280 g/mol. The molecule has 0 atom stereocenters. The van der Waals surface area contributed by atoms with Crippen LogP contribution < -0.4 is 10.5 Å². The SMILES string of the molecule is NC(=S)c1ccc(S(=O)(=O)NCC(F)F)cc1. The predicted octanol–water partition coefficient (Wildman–Crippen LogP) is 0.864. The zero-order chi connectivity index (χ0) is 13.1. The van der Waals surface area contributed by atoms with Crippen molar-refractivity contribution in [3.8, 4) is 0 Å². The Hall–Kier alpha value is -1.12. The van der Waals surface area contributed by atoms with Crippen LogP contribution in [0.3, 0.4) is 0 Å². The summed E-state index contributed by atoms with van der Waals surface area (Å²) in [6.45, 7) is -0.917. The van der Waals surface area contributed by atoms with Gasteiger partial charge in [-0.2, -0.15) is 0 Å². The highest BCUT2D eigenvalue weighted by Crippen LogP contribution is 2.10. The van der Waals surface area contributed by atoms with Gasteiger partial charge in [0.1, 0.15) is 4.99 Å². The van der Waals surface area contributed by atoms with Gasteiger partial charge in [0.05, 0.1) is 11.4 Å². The number of nitrogens with two attached hydrogens (primary N) is 1. The zero-order valence-corrected chi connectivity index (χ0v) is 10.2. The van der Waals surface area contributed by atoms with Crippen molar-refractivity contribution in [1.82, 2.24) is 4.72 Å². The normalized spacial score (nSPS) is 11.7. The van der Waals surface area contributed by atoms with Gasteiger partial charge in [-0.3, -0.25) is 0 Å². The highest BCUT2D eigenvalue weighted by molar-refractivity contribution is 7.89. The highest BCUT2D eigenvalue weighted by atomic mass is 32.2. The summed E-state index contributed by atoms with van der Waals surface area (Å²) < 4.78 is 48.6. The molecule has 1 rings (SSSR count). The lowest BCUT2D eigenvalue weighted by atomic mass is 10.2. The molecule has 0 aromatic heterocycles. The summed E-state index contributed by atoms with van der Waals surface area (Å²) in [6.07, 6.45) is -2.74. The molecule has 1 aromatic rings.